The van der Waals surface area contributed by atoms with E-state index in [4.69, 9.17) is 4.74 Å². The Balaban J connectivity index is 1.69. The van der Waals surface area contributed by atoms with Crippen molar-refractivity contribution in [3.05, 3.63) is 29.6 Å². The number of ether oxygens (including phenoxy) is 1. The molecule has 130 valence electrons. The van der Waals surface area contributed by atoms with Crippen LogP contribution in [0.5, 0.6) is 0 Å². The number of rotatable bonds is 5. The fraction of sp³-hybridized carbons (Fsp3) is 0.588. The molecule has 0 unspecified atom stereocenters. The number of nitrogens with one attached hydrogen (secondary N) is 1. The molecule has 2 aliphatic rings. The quantitative estimate of drug-likeness (QED) is 0.869. The number of pyridine rings is 1. The zero-order chi connectivity index (χ0) is 17.1. The predicted octanol–water partition coefficient (Wildman–Crippen LogP) is 0.899. The van der Waals surface area contributed by atoms with Crippen molar-refractivity contribution in [3.8, 4) is 0 Å². The molecule has 0 spiro atoms. The van der Waals surface area contributed by atoms with Crippen LogP contribution in [0.25, 0.3) is 0 Å². The second-order valence-corrected chi connectivity index (χ2v) is 6.24. The molecule has 7 nitrogen and oxygen atoms in total. The topological polar surface area (TPSA) is 74.8 Å². The summed E-state index contributed by atoms with van der Waals surface area (Å²) in [7, 11) is 1.63. The van der Waals surface area contributed by atoms with E-state index in [0.29, 0.717) is 31.8 Å². The Labute approximate surface area is 142 Å². The first-order valence-corrected chi connectivity index (χ1v) is 8.44. The van der Waals surface area contributed by atoms with Gasteiger partial charge in [0.05, 0.1) is 18.7 Å². The Morgan fingerprint density at radius 3 is 3.08 bits per heavy atom. The van der Waals surface area contributed by atoms with Gasteiger partial charge in [0.2, 0.25) is 0 Å². The molecule has 2 atom stereocenters. The fourth-order valence-electron chi connectivity index (χ4n) is 3.58. The number of urea groups is 1. The SMILES string of the molecule is CCc1cnccc1C(=O)N1CC[C@H]2[C@@H](C1)NC(=O)N2CCOC. The highest BCUT2D eigenvalue weighted by molar-refractivity contribution is 5.95. The maximum atomic E-state index is 12.9. The number of piperidine rings is 1. The summed E-state index contributed by atoms with van der Waals surface area (Å²) in [6.07, 6.45) is 4.97. The fourth-order valence-corrected chi connectivity index (χ4v) is 3.58. The average Bonchev–Trinajstić information content (AvgIpc) is 2.93. The van der Waals surface area contributed by atoms with Gasteiger partial charge in [0, 0.05) is 44.7 Å². The summed E-state index contributed by atoms with van der Waals surface area (Å²) < 4.78 is 5.08. The third-order valence-corrected chi connectivity index (χ3v) is 4.88. The number of carbonyl (C=O) groups is 2. The van der Waals surface area contributed by atoms with Gasteiger partial charge in [-0.1, -0.05) is 6.92 Å². The molecule has 1 aromatic rings. The average molecular weight is 332 g/mol. The van der Waals surface area contributed by atoms with Gasteiger partial charge >= 0.3 is 6.03 Å². The van der Waals surface area contributed by atoms with E-state index in [-0.39, 0.29) is 24.0 Å². The highest BCUT2D eigenvalue weighted by Crippen LogP contribution is 2.24. The lowest BCUT2D eigenvalue weighted by Crippen LogP contribution is -2.53. The minimum atomic E-state index is -0.0606. The number of aromatic nitrogens is 1. The van der Waals surface area contributed by atoms with E-state index < -0.39 is 0 Å². The van der Waals surface area contributed by atoms with Crippen molar-refractivity contribution in [1.82, 2.24) is 20.1 Å². The highest BCUT2D eigenvalue weighted by Gasteiger charge is 2.43. The molecule has 0 bridgehead atoms. The second kappa shape index (κ2) is 7.17. The normalized spacial score (nSPS) is 23.2. The van der Waals surface area contributed by atoms with Crippen LogP contribution in [0.1, 0.15) is 29.3 Å². The van der Waals surface area contributed by atoms with Gasteiger partial charge in [-0.25, -0.2) is 4.79 Å². The smallest absolute Gasteiger partial charge is 0.318 e. The van der Waals surface area contributed by atoms with E-state index >= 15 is 0 Å². The standard InChI is InChI=1S/C17H24N4O3/c1-3-12-10-18-6-4-13(12)16(22)20-7-5-15-14(11-20)19-17(23)21(15)8-9-24-2/h4,6,10,14-15H,3,5,7-9,11H2,1-2H3,(H,19,23)/t14-,15+/m1/s1. The molecular formula is C17H24N4O3. The Morgan fingerprint density at radius 2 is 2.33 bits per heavy atom. The van der Waals surface area contributed by atoms with Crippen molar-refractivity contribution in [1.29, 1.82) is 0 Å². The minimum absolute atomic E-state index is 0.0148. The van der Waals surface area contributed by atoms with Crippen LogP contribution in [0.2, 0.25) is 0 Å². The van der Waals surface area contributed by atoms with E-state index in [9.17, 15) is 9.59 Å². The van der Waals surface area contributed by atoms with Crippen molar-refractivity contribution in [2.45, 2.75) is 31.8 Å². The van der Waals surface area contributed by atoms with E-state index in [0.717, 1.165) is 18.4 Å². The van der Waals surface area contributed by atoms with E-state index in [2.05, 4.69) is 10.3 Å². The first-order valence-electron chi connectivity index (χ1n) is 8.44. The third-order valence-electron chi connectivity index (χ3n) is 4.88. The Bertz CT molecular complexity index is 622. The second-order valence-electron chi connectivity index (χ2n) is 6.24. The number of hydrogen-bond acceptors (Lipinski definition) is 4. The summed E-state index contributed by atoms with van der Waals surface area (Å²) in [4.78, 5) is 32.8. The van der Waals surface area contributed by atoms with Crippen LogP contribution in [0.15, 0.2) is 18.5 Å². The molecule has 7 heteroatoms. The lowest BCUT2D eigenvalue weighted by Gasteiger charge is -2.37. The van der Waals surface area contributed by atoms with Crippen molar-refractivity contribution < 1.29 is 14.3 Å². The summed E-state index contributed by atoms with van der Waals surface area (Å²) in [6, 6.07) is 1.85. The van der Waals surface area contributed by atoms with Gasteiger partial charge in [0.1, 0.15) is 0 Å². The monoisotopic (exact) mass is 332 g/mol. The number of aryl methyl sites for hydroxylation is 1. The largest absolute Gasteiger partial charge is 0.383 e. The van der Waals surface area contributed by atoms with Crippen LogP contribution < -0.4 is 5.32 Å². The molecule has 1 N–H and O–H groups in total. The molecule has 2 aliphatic heterocycles. The molecule has 0 aromatic carbocycles. The first-order chi connectivity index (χ1) is 11.7. The van der Waals surface area contributed by atoms with Crippen LogP contribution >= 0.6 is 0 Å². The predicted molar refractivity (Wildman–Crippen MR) is 88.8 cm³/mol. The number of amides is 3. The van der Waals surface area contributed by atoms with Gasteiger partial charge in [-0.3, -0.25) is 9.78 Å². The zero-order valence-electron chi connectivity index (χ0n) is 14.2. The Hall–Kier alpha value is -2.15. The van der Waals surface area contributed by atoms with Crippen LogP contribution in [0.4, 0.5) is 4.79 Å². The maximum Gasteiger partial charge on any atom is 0.318 e. The van der Waals surface area contributed by atoms with E-state index in [1.807, 2.05) is 16.7 Å². The minimum Gasteiger partial charge on any atom is -0.383 e. The number of hydrogen-bond donors (Lipinski definition) is 1. The van der Waals surface area contributed by atoms with E-state index in [1.165, 1.54) is 0 Å². The summed E-state index contributed by atoms with van der Waals surface area (Å²) in [5, 5.41) is 3.00. The van der Waals surface area contributed by atoms with Crippen molar-refractivity contribution in [2.75, 3.05) is 33.4 Å². The number of methoxy groups -OCH3 is 1. The van der Waals surface area contributed by atoms with Gasteiger partial charge in [-0.05, 0) is 24.5 Å². The molecular weight excluding hydrogens is 308 g/mol. The molecule has 1 aromatic heterocycles. The van der Waals surface area contributed by atoms with Gasteiger partial charge in [-0.15, -0.1) is 0 Å². The number of fused-ring (bicyclic) bond motifs is 1. The maximum absolute atomic E-state index is 12.9. The van der Waals surface area contributed by atoms with Crippen LogP contribution in [0, 0.1) is 0 Å². The summed E-state index contributed by atoms with van der Waals surface area (Å²) in [6.45, 7) is 4.33. The number of nitrogens with zero attached hydrogens (tertiary/aromatic N) is 3. The summed E-state index contributed by atoms with van der Waals surface area (Å²) >= 11 is 0. The van der Waals surface area contributed by atoms with Crippen molar-refractivity contribution in [3.63, 3.8) is 0 Å². The third kappa shape index (κ3) is 3.08. The molecule has 0 radical (unpaired) electrons. The molecule has 3 rings (SSSR count). The first kappa shape index (κ1) is 16.7. The number of carbonyl (C=O) groups excluding carboxylic acids is 2. The van der Waals surface area contributed by atoms with Crippen LogP contribution in [-0.2, 0) is 11.2 Å². The van der Waals surface area contributed by atoms with Gasteiger partial charge in [0.25, 0.3) is 5.91 Å². The van der Waals surface area contributed by atoms with E-state index in [1.54, 1.807) is 25.6 Å². The summed E-state index contributed by atoms with van der Waals surface area (Å²) in [5.41, 5.74) is 1.67. The molecule has 0 saturated carbocycles. The molecule has 3 heterocycles. The highest BCUT2D eigenvalue weighted by atomic mass is 16.5. The molecule has 2 fully saturated rings. The number of likely N-dealkylation sites (tertiary alicyclic amines) is 1. The lowest BCUT2D eigenvalue weighted by molar-refractivity contribution is 0.0641. The Kier molecular flexibility index (Phi) is 4.99. The molecule has 2 saturated heterocycles. The van der Waals surface area contributed by atoms with Crippen LogP contribution in [-0.4, -0.2) is 72.2 Å². The van der Waals surface area contributed by atoms with Gasteiger partial charge < -0.3 is 19.9 Å². The lowest BCUT2D eigenvalue weighted by atomic mass is 9.98. The Morgan fingerprint density at radius 1 is 1.50 bits per heavy atom. The molecule has 0 aliphatic carbocycles. The summed E-state index contributed by atoms with van der Waals surface area (Å²) in [5.74, 6) is 0.0253. The van der Waals surface area contributed by atoms with Crippen molar-refractivity contribution in [2.24, 2.45) is 0 Å². The van der Waals surface area contributed by atoms with Gasteiger partial charge in [0.15, 0.2) is 0 Å². The van der Waals surface area contributed by atoms with Gasteiger partial charge in [-0.2, -0.15) is 0 Å². The molecule has 24 heavy (non-hydrogen) atoms. The van der Waals surface area contributed by atoms with Crippen LogP contribution in [0.3, 0.4) is 0 Å². The molecule has 3 amide bonds. The van der Waals surface area contributed by atoms with Crippen molar-refractivity contribution >= 4 is 11.9 Å². The zero-order valence-corrected chi connectivity index (χ0v) is 14.2.